The fourth-order valence-corrected chi connectivity index (χ4v) is 3.64. The van der Waals surface area contributed by atoms with Crippen LogP contribution < -0.4 is 10.5 Å². The lowest BCUT2D eigenvalue weighted by Crippen LogP contribution is -2.47. The second-order valence-corrected chi connectivity index (χ2v) is 7.58. The summed E-state index contributed by atoms with van der Waals surface area (Å²) >= 11 is 0. The molecule has 4 heteroatoms. The smallest absolute Gasteiger partial charge is 0.119 e. The number of fused-ring (bicyclic) bond motifs is 1. The van der Waals surface area contributed by atoms with Gasteiger partial charge in [-0.15, -0.1) is 0 Å². The zero-order chi connectivity index (χ0) is 18.1. The van der Waals surface area contributed by atoms with Crippen LogP contribution in [-0.4, -0.2) is 35.6 Å². The van der Waals surface area contributed by atoms with Crippen LogP contribution >= 0.6 is 0 Å². The highest BCUT2D eigenvalue weighted by atomic mass is 16.5. The fraction of sp³-hybridized carbons (Fsp3) is 0.714. The zero-order valence-corrected chi connectivity index (χ0v) is 15.7. The summed E-state index contributed by atoms with van der Waals surface area (Å²) in [5.74, 6) is 1.45. The molecule has 25 heavy (non-hydrogen) atoms. The number of hydrogen-bond donors (Lipinski definition) is 3. The van der Waals surface area contributed by atoms with Crippen LogP contribution in [0.25, 0.3) is 0 Å². The fourth-order valence-electron chi connectivity index (χ4n) is 3.64. The van der Waals surface area contributed by atoms with Crippen LogP contribution in [0.3, 0.4) is 0 Å². The average molecular weight is 350 g/mol. The number of benzene rings is 1. The van der Waals surface area contributed by atoms with Gasteiger partial charge in [0, 0.05) is 0 Å². The maximum absolute atomic E-state index is 9.34. The Hall–Kier alpha value is -1.10. The van der Waals surface area contributed by atoms with E-state index in [4.69, 9.17) is 10.5 Å². The number of hydrogen-bond acceptors (Lipinski definition) is 4. The molecule has 0 amide bonds. The molecule has 1 aliphatic rings. The predicted molar refractivity (Wildman–Crippen MR) is 102 cm³/mol. The van der Waals surface area contributed by atoms with Crippen molar-refractivity contribution in [1.82, 2.24) is 0 Å². The first-order chi connectivity index (χ1) is 12.1. The zero-order valence-electron chi connectivity index (χ0n) is 15.7. The number of nitrogens with two attached hydrogens (primary N) is 1. The van der Waals surface area contributed by atoms with Crippen molar-refractivity contribution in [2.24, 2.45) is 5.73 Å². The monoisotopic (exact) mass is 349 g/mol. The SMILES string of the molecule is CCCCCCCOc1ccc2c(c1)CCC2CCC(N)(CO)CO. The third kappa shape index (κ3) is 5.98. The minimum Gasteiger partial charge on any atom is -0.494 e. The van der Waals surface area contributed by atoms with Gasteiger partial charge < -0.3 is 20.7 Å². The Balaban J connectivity index is 1.81. The maximum atomic E-state index is 9.34. The first kappa shape index (κ1) is 20.2. The summed E-state index contributed by atoms with van der Waals surface area (Å²) < 4.78 is 5.91. The van der Waals surface area contributed by atoms with Crippen molar-refractivity contribution in [3.63, 3.8) is 0 Å². The highest BCUT2D eigenvalue weighted by Crippen LogP contribution is 2.38. The summed E-state index contributed by atoms with van der Waals surface area (Å²) in [5.41, 5.74) is 7.90. The summed E-state index contributed by atoms with van der Waals surface area (Å²) in [6, 6.07) is 6.46. The van der Waals surface area contributed by atoms with Crippen LogP contribution in [0.4, 0.5) is 0 Å². The van der Waals surface area contributed by atoms with Crippen molar-refractivity contribution in [1.29, 1.82) is 0 Å². The Morgan fingerprint density at radius 2 is 1.92 bits per heavy atom. The molecule has 0 aromatic heterocycles. The third-order valence-electron chi connectivity index (χ3n) is 5.45. The summed E-state index contributed by atoms with van der Waals surface area (Å²) in [5, 5.41) is 18.7. The molecule has 142 valence electrons. The molecule has 0 heterocycles. The van der Waals surface area contributed by atoms with E-state index < -0.39 is 5.54 Å². The Labute approximate surface area is 152 Å². The first-order valence-corrected chi connectivity index (χ1v) is 9.88. The molecule has 0 fully saturated rings. The van der Waals surface area contributed by atoms with Gasteiger partial charge in [0.1, 0.15) is 5.75 Å². The van der Waals surface area contributed by atoms with E-state index in [0.29, 0.717) is 12.3 Å². The largest absolute Gasteiger partial charge is 0.494 e. The van der Waals surface area contributed by atoms with Crippen LogP contribution in [0, 0.1) is 0 Å². The standard InChI is InChI=1S/C21H35NO3/c1-2-3-4-5-6-13-25-19-9-10-20-17(7-8-18(20)14-19)11-12-21(22,15-23)16-24/h9-10,14,17,23-24H,2-8,11-13,15-16,22H2,1H3. The maximum Gasteiger partial charge on any atom is 0.119 e. The minimum atomic E-state index is -0.858. The van der Waals surface area contributed by atoms with Gasteiger partial charge in [-0.3, -0.25) is 0 Å². The second kappa shape index (κ2) is 10.1. The van der Waals surface area contributed by atoms with Crippen molar-refractivity contribution in [2.45, 2.75) is 76.2 Å². The molecule has 2 rings (SSSR count). The highest BCUT2D eigenvalue weighted by molar-refractivity contribution is 5.41. The Morgan fingerprint density at radius 1 is 1.16 bits per heavy atom. The van der Waals surface area contributed by atoms with Gasteiger partial charge in [0.05, 0.1) is 25.4 Å². The summed E-state index contributed by atoms with van der Waals surface area (Å²) in [6.07, 6.45) is 9.99. The van der Waals surface area contributed by atoms with Crippen LogP contribution in [0.15, 0.2) is 18.2 Å². The minimum absolute atomic E-state index is 0.173. The summed E-state index contributed by atoms with van der Waals surface area (Å²) in [6.45, 7) is 2.69. The van der Waals surface area contributed by atoms with Crippen molar-refractivity contribution < 1.29 is 14.9 Å². The van der Waals surface area contributed by atoms with E-state index in [0.717, 1.165) is 38.0 Å². The van der Waals surface area contributed by atoms with E-state index in [9.17, 15) is 10.2 Å². The van der Waals surface area contributed by atoms with Gasteiger partial charge >= 0.3 is 0 Å². The van der Waals surface area contributed by atoms with E-state index >= 15 is 0 Å². The average Bonchev–Trinajstić information content (AvgIpc) is 3.05. The molecule has 0 saturated heterocycles. The quantitative estimate of drug-likeness (QED) is 0.505. The van der Waals surface area contributed by atoms with Crippen LogP contribution in [0.2, 0.25) is 0 Å². The Kier molecular flexibility index (Phi) is 8.20. The lowest BCUT2D eigenvalue weighted by molar-refractivity contribution is 0.111. The summed E-state index contributed by atoms with van der Waals surface area (Å²) in [7, 11) is 0. The second-order valence-electron chi connectivity index (χ2n) is 7.58. The first-order valence-electron chi connectivity index (χ1n) is 9.88. The molecular formula is C21H35NO3. The Bertz CT molecular complexity index is 514. The highest BCUT2D eigenvalue weighted by Gasteiger charge is 2.28. The van der Waals surface area contributed by atoms with E-state index in [1.807, 2.05) is 0 Å². The molecule has 1 aliphatic carbocycles. The molecule has 1 aromatic rings. The molecule has 0 radical (unpaired) electrons. The van der Waals surface area contributed by atoms with Gasteiger partial charge in [-0.2, -0.15) is 0 Å². The van der Waals surface area contributed by atoms with Crippen molar-refractivity contribution in [3.05, 3.63) is 29.3 Å². The molecule has 0 spiro atoms. The molecule has 4 nitrogen and oxygen atoms in total. The topological polar surface area (TPSA) is 75.7 Å². The van der Waals surface area contributed by atoms with Gasteiger partial charge in [0.15, 0.2) is 0 Å². The lowest BCUT2D eigenvalue weighted by atomic mass is 9.88. The molecule has 0 bridgehead atoms. The van der Waals surface area contributed by atoms with Crippen molar-refractivity contribution in [3.8, 4) is 5.75 Å². The van der Waals surface area contributed by atoms with Crippen molar-refractivity contribution >= 4 is 0 Å². The molecule has 1 atom stereocenters. The third-order valence-corrected chi connectivity index (χ3v) is 5.45. The Morgan fingerprint density at radius 3 is 2.64 bits per heavy atom. The van der Waals surface area contributed by atoms with Crippen LogP contribution in [0.5, 0.6) is 5.75 Å². The van der Waals surface area contributed by atoms with Gasteiger partial charge in [0.2, 0.25) is 0 Å². The van der Waals surface area contributed by atoms with Crippen LogP contribution in [-0.2, 0) is 6.42 Å². The predicted octanol–water partition coefficient (Wildman–Crippen LogP) is 3.53. The molecule has 1 unspecified atom stereocenters. The molecule has 0 saturated carbocycles. The molecule has 0 aliphatic heterocycles. The number of ether oxygens (including phenoxy) is 1. The summed E-state index contributed by atoms with van der Waals surface area (Å²) in [4.78, 5) is 0. The van der Waals surface area contributed by atoms with Crippen molar-refractivity contribution in [2.75, 3.05) is 19.8 Å². The van der Waals surface area contributed by atoms with Gasteiger partial charge in [-0.05, 0) is 61.3 Å². The van der Waals surface area contributed by atoms with Gasteiger partial charge in [0.25, 0.3) is 0 Å². The molecule has 4 N–H and O–H groups in total. The number of aliphatic hydroxyl groups excluding tert-OH is 2. The van der Waals surface area contributed by atoms with E-state index in [1.54, 1.807) is 0 Å². The van der Waals surface area contributed by atoms with Gasteiger partial charge in [-0.25, -0.2) is 0 Å². The van der Waals surface area contributed by atoms with Crippen LogP contribution in [0.1, 0.15) is 75.3 Å². The van der Waals surface area contributed by atoms with E-state index in [-0.39, 0.29) is 13.2 Å². The van der Waals surface area contributed by atoms with Gasteiger partial charge in [-0.1, -0.05) is 38.7 Å². The lowest BCUT2D eigenvalue weighted by Gasteiger charge is -2.26. The number of aliphatic hydroxyl groups is 2. The molecular weight excluding hydrogens is 314 g/mol. The van der Waals surface area contributed by atoms with E-state index in [2.05, 4.69) is 25.1 Å². The normalized spacial score (nSPS) is 16.9. The number of rotatable bonds is 12. The van der Waals surface area contributed by atoms with E-state index in [1.165, 1.54) is 36.8 Å². The number of aryl methyl sites for hydroxylation is 1. The molecule has 1 aromatic carbocycles. The number of unbranched alkanes of at least 4 members (excludes halogenated alkanes) is 4.